The van der Waals surface area contributed by atoms with Crippen molar-refractivity contribution in [1.29, 1.82) is 0 Å². The minimum atomic E-state index is -3.47. The molecule has 0 aliphatic heterocycles. The van der Waals surface area contributed by atoms with Crippen molar-refractivity contribution >= 4 is 50.6 Å². The molecule has 0 unspecified atom stereocenters. The first kappa shape index (κ1) is 20.2. The van der Waals surface area contributed by atoms with Gasteiger partial charge in [-0.25, -0.2) is 13.2 Å². The zero-order valence-electron chi connectivity index (χ0n) is 13.8. The van der Waals surface area contributed by atoms with Crippen LogP contribution in [0.15, 0.2) is 47.4 Å². The van der Waals surface area contributed by atoms with Gasteiger partial charge in [0.1, 0.15) is 0 Å². The molecule has 2 aromatic carbocycles. The van der Waals surface area contributed by atoms with Crippen LogP contribution in [-0.2, 0) is 19.4 Å². The number of sulfone groups is 1. The summed E-state index contributed by atoms with van der Waals surface area (Å²) in [6.07, 6.45) is -0.0975. The number of nitrogens with one attached hydrogen (secondary N) is 1. The molecule has 0 saturated carbocycles. The van der Waals surface area contributed by atoms with Gasteiger partial charge < -0.3 is 10.1 Å². The minimum absolute atomic E-state index is 0.0167. The van der Waals surface area contributed by atoms with Gasteiger partial charge in [0.05, 0.1) is 21.2 Å². The number of hydrogen-bond donors (Lipinski definition) is 1. The Morgan fingerprint density at radius 1 is 1.12 bits per heavy atom. The highest BCUT2D eigenvalue weighted by Gasteiger charge is 2.21. The van der Waals surface area contributed by atoms with E-state index >= 15 is 0 Å². The van der Waals surface area contributed by atoms with Crippen LogP contribution < -0.4 is 5.32 Å². The molecule has 0 aromatic heterocycles. The number of halogens is 2. The van der Waals surface area contributed by atoms with Crippen LogP contribution in [0.4, 0.5) is 5.69 Å². The van der Waals surface area contributed by atoms with Crippen molar-refractivity contribution in [3.8, 4) is 0 Å². The van der Waals surface area contributed by atoms with Crippen molar-refractivity contribution in [2.75, 3.05) is 11.6 Å². The number of rotatable bonds is 5. The minimum Gasteiger partial charge on any atom is -0.449 e. The summed E-state index contributed by atoms with van der Waals surface area (Å²) in [5.74, 6) is -1.41. The molecule has 1 amide bonds. The summed E-state index contributed by atoms with van der Waals surface area (Å²) in [5, 5.41) is 3.18. The van der Waals surface area contributed by atoms with Crippen molar-refractivity contribution in [2.45, 2.75) is 17.9 Å². The molecular weight excluding hydrogens is 401 g/mol. The molecule has 6 nitrogen and oxygen atoms in total. The summed E-state index contributed by atoms with van der Waals surface area (Å²) < 4.78 is 28.2. The summed E-state index contributed by atoms with van der Waals surface area (Å²) in [6, 6.07) is 9.92. The molecule has 0 fully saturated rings. The molecule has 26 heavy (non-hydrogen) atoms. The molecular formula is C17H15Cl2NO5S. The van der Waals surface area contributed by atoms with E-state index in [1.807, 2.05) is 0 Å². The highest BCUT2D eigenvalue weighted by Crippen LogP contribution is 2.25. The Kier molecular flexibility index (Phi) is 6.28. The van der Waals surface area contributed by atoms with E-state index in [0.29, 0.717) is 10.7 Å². The lowest BCUT2D eigenvalue weighted by molar-refractivity contribution is -0.123. The molecule has 0 radical (unpaired) electrons. The van der Waals surface area contributed by atoms with Gasteiger partial charge in [0, 0.05) is 11.3 Å². The predicted molar refractivity (Wildman–Crippen MR) is 99.5 cm³/mol. The third-order valence-electron chi connectivity index (χ3n) is 3.34. The summed E-state index contributed by atoms with van der Waals surface area (Å²) in [6.45, 7) is 1.39. The normalized spacial score (nSPS) is 12.3. The Morgan fingerprint density at radius 2 is 1.81 bits per heavy atom. The van der Waals surface area contributed by atoms with E-state index < -0.39 is 27.8 Å². The van der Waals surface area contributed by atoms with E-state index in [2.05, 4.69) is 5.32 Å². The summed E-state index contributed by atoms with van der Waals surface area (Å²) in [5.41, 5.74) is 0.347. The standard InChI is InChI=1S/C17H15Cl2NO5S/c1-10(16(21)20-15-7-6-12(18)9-14(15)19)25-17(22)11-4-3-5-13(8-11)26(2,23)24/h3-10H,1-2H3,(H,20,21)/t10-/m1/s1. The van der Waals surface area contributed by atoms with Crippen molar-refractivity contribution in [2.24, 2.45) is 0 Å². The average molecular weight is 416 g/mol. The topological polar surface area (TPSA) is 89.5 Å². The number of benzene rings is 2. The third-order valence-corrected chi connectivity index (χ3v) is 5.00. The third kappa shape index (κ3) is 5.20. The summed E-state index contributed by atoms with van der Waals surface area (Å²) >= 11 is 11.8. The molecule has 1 atom stereocenters. The zero-order chi connectivity index (χ0) is 19.5. The van der Waals surface area contributed by atoms with Gasteiger partial charge >= 0.3 is 5.97 Å². The molecule has 1 N–H and O–H groups in total. The second-order valence-corrected chi connectivity index (χ2v) is 8.32. The van der Waals surface area contributed by atoms with Gasteiger partial charge in [-0.05, 0) is 43.3 Å². The van der Waals surface area contributed by atoms with Crippen LogP contribution in [0.25, 0.3) is 0 Å². The average Bonchev–Trinajstić information content (AvgIpc) is 2.56. The smallest absolute Gasteiger partial charge is 0.338 e. The summed E-state index contributed by atoms with van der Waals surface area (Å²) in [7, 11) is -3.47. The lowest BCUT2D eigenvalue weighted by Crippen LogP contribution is -2.30. The first-order valence-corrected chi connectivity index (χ1v) is 9.99. The highest BCUT2D eigenvalue weighted by molar-refractivity contribution is 7.90. The van der Waals surface area contributed by atoms with Gasteiger partial charge in [-0.3, -0.25) is 4.79 Å². The lowest BCUT2D eigenvalue weighted by atomic mass is 10.2. The molecule has 0 aliphatic rings. The number of esters is 1. The second-order valence-electron chi connectivity index (χ2n) is 5.46. The number of carbonyl (C=O) groups excluding carboxylic acids is 2. The van der Waals surface area contributed by atoms with E-state index in [9.17, 15) is 18.0 Å². The number of anilines is 1. The Balaban J connectivity index is 2.08. The Bertz CT molecular complexity index is 959. The van der Waals surface area contributed by atoms with E-state index in [4.69, 9.17) is 27.9 Å². The quantitative estimate of drug-likeness (QED) is 0.753. The van der Waals surface area contributed by atoms with Crippen molar-refractivity contribution in [1.82, 2.24) is 0 Å². The molecule has 0 spiro atoms. The van der Waals surface area contributed by atoms with Crippen LogP contribution in [0.2, 0.25) is 10.0 Å². The van der Waals surface area contributed by atoms with E-state index in [-0.39, 0.29) is 15.5 Å². The fourth-order valence-corrected chi connectivity index (χ4v) is 3.08. The Morgan fingerprint density at radius 3 is 2.42 bits per heavy atom. The number of carbonyl (C=O) groups is 2. The van der Waals surface area contributed by atoms with Crippen LogP contribution in [0.3, 0.4) is 0 Å². The maximum atomic E-state index is 12.2. The van der Waals surface area contributed by atoms with Crippen molar-refractivity contribution < 1.29 is 22.7 Å². The molecule has 138 valence electrons. The fraction of sp³-hybridized carbons (Fsp3) is 0.176. The molecule has 2 rings (SSSR count). The van der Waals surface area contributed by atoms with Gasteiger partial charge in [0.2, 0.25) is 0 Å². The van der Waals surface area contributed by atoms with Crippen LogP contribution >= 0.6 is 23.2 Å². The van der Waals surface area contributed by atoms with Gasteiger partial charge in [-0.2, -0.15) is 0 Å². The lowest BCUT2D eigenvalue weighted by Gasteiger charge is -2.14. The summed E-state index contributed by atoms with van der Waals surface area (Å²) in [4.78, 5) is 24.3. The Labute approximate surface area is 161 Å². The highest BCUT2D eigenvalue weighted by atomic mass is 35.5. The predicted octanol–water partition coefficient (Wildman–Crippen LogP) is 3.58. The van der Waals surface area contributed by atoms with Crippen molar-refractivity contribution in [3.63, 3.8) is 0 Å². The number of ether oxygens (including phenoxy) is 1. The maximum absolute atomic E-state index is 12.2. The van der Waals surface area contributed by atoms with E-state index in [1.54, 1.807) is 6.07 Å². The van der Waals surface area contributed by atoms with Gasteiger partial charge in [0.25, 0.3) is 5.91 Å². The molecule has 0 heterocycles. The van der Waals surface area contributed by atoms with Crippen LogP contribution in [0.1, 0.15) is 17.3 Å². The van der Waals surface area contributed by atoms with E-state index in [1.165, 1.54) is 43.3 Å². The van der Waals surface area contributed by atoms with Gasteiger partial charge in [-0.15, -0.1) is 0 Å². The molecule has 0 saturated heterocycles. The van der Waals surface area contributed by atoms with Crippen LogP contribution in [-0.4, -0.2) is 32.7 Å². The molecule has 9 heteroatoms. The number of hydrogen-bond acceptors (Lipinski definition) is 5. The van der Waals surface area contributed by atoms with Gasteiger partial charge in [-0.1, -0.05) is 29.3 Å². The largest absolute Gasteiger partial charge is 0.449 e. The maximum Gasteiger partial charge on any atom is 0.338 e. The molecule has 0 bridgehead atoms. The first-order valence-electron chi connectivity index (χ1n) is 7.35. The van der Waals surface area contributed by atoms with Crippen molar-refractivity contribution in [3.05, 3.63) is 58.1 Å². The Hall–Kier alpha value is -2.09. The number of amides is 1. The monoisotopic (exact) mass is 415 g/mol. The fourth-order valence-electron chi connectivity index (χ4n) is 1.96. The van der Waals surface area contributed by atoms with E-state index in [0.717, 1.165) is 6.26 Å². The van der Waals surface area contributed by atoms with Crippen LogP contribution in [0.5, 0.6) is 0 Å². The first-order chi connectivity index (χ1) is 12.1. The molecule has 2 aromatic rings. The zero-order valence-corrected chi connectivity index (χ0v) is 16.2. The SMILES string of the molecule is C[C@@H](OC(=O)c1cccc(S(C)(=O)=O)c1)C(=O)Nc1ccc(Cl)cc1Cl. The van der Waals surface area contributed by atoms with Crippen LogP contribution in [0, 0.1) is 0 Å². The molecule has 0 aliphatic carbocycles. The van der Waals surface area contributed by atoms with Gasteiger partial charge in [0.15, 0.2) is 15.9 Å². The second kappa shape index (κ2) is 8.07.